The third kappa shape index (κ3) is 2.47. The van der Waals surface area contributed by atoms with Gasteiger partial charge in [-0.3, -0.25) is 0 Å². The summed E-state index contributed by atoms with van der Waals surface area (Å²) >= 11 is 0. The van der Waals surface area contributed by atoms with E-state index in [-0.39, 0.29) is 0 Å². The van der Waals surface area contributed by atoms with Crippen LogP contribution in [0.3, 0.4) is 0 Å². The van der Waals surface area contributed by atoms with Crippen molar-refractivity contribution in [2.45, 2.75) is 6.54 Å². The van der Waals surface area contributed by atoms with Gasteiger partial charge in [-0.15, -0.1) is 5.10 Å². The Balaban J connectivity index is 1.86. The standard InChI is InChI=1S/C15H14N4/c16-14-9-5-4-8-13(14)15-11-19(18-17-15)10-12-6-2-1-3-7-12/h1-9,11H,10,16H2. The molecule has 0 unspecified atom stereocenters. The summed E-state index contributed by atoms with van der Waals surface area (Å²) in [4.78, 5) is 0. The van der Waals surface area contributed by atoms with Gasteiger partial charge in [0, 0.05) is 11.3 Å². The zero-order valence-corrected chi connectivity index (χ0v) is 10.4. The topological polar surface area (TPSA) is 56.7 Å². The van der Waals surface area contributed by atoms with Crippen molar-refractivity contribution in [2.75, 3.05) is 5.73 Å². The van der Waals surface area contributed by atoms with Crippen LogP contribution in [0.1, 0.15) is 5.56 Å². The van der Waals surface area contributed by atoms with Crippen molar-refractivity contribution in [3.05, 3.63) is 66.4 Å². The van der Waals surface area contributed by atoms with Gasteiger partial charge in [-0.25, -0.2) is 4.68 Å². The largest absolute Gasteiger partial charge is 0.398 e. The molecule has 0 spiro atoms. The van der Waals surface area contributed by atoms with Crippen molar-refractivity contribution in [2.24, 2.45) is 0 Å². The van der Waals surface area contributed by atoms with Gasteiger partial charge in [0.05, 0.1) is 12.7 Å². The lowest BCUT2D eigenvalue weighted by atomic mass is 10.1. The van der Waals surface area contributed by atoms with E-state index in [1.54, 1.807) is 0 Å². The highest BCUT2D eigenvalue weighted by atomic mass is 15.4. The first-order valence-electron chi connectivity index (χ1n) is 6.12. The van der Waals surface area contributed by atoms with Crippen LogP contribution in [0, 0.1) is 0 Å². The van der Waals surface area contributed by atoms with Gasteiger partial charge in [-0.05, 0) is 11.6 Å². The van der Waals surface area contributed by atoms with E-state index in [4.69, 9.17) is 5.73 Å². The maximum absolute atomic E-state index is 5.94. The number of nitrogen functional groups attached to an aromatic ring is 1. The normalized spacial score (nSPS) is 10.5. The number of nitrogens with zero attached hydrogens (tertiary/aromatic N) is 3. The molecule has 2 aromatic carbocycles. The van der Waals surface area contributed by atoms with E-state index in [2.05, 4.69) is 22.4 Å². The number of rotatable bonds is 3. The van der Waals surface area contributed by atoms with Crippen LogP contribution in [0.4, 0.5) is 5.69 Å². The fraction of sp³-hybridized carbons (Fsp3) is 0.0667. The van der Waals surface area contributed by atoms with E-state index in [9.17, 15) is 0 Å². The fourth-order valence-electron chi connectivity index (χ4n) is 2.00. The van der Waals surface area contributed by atoms with Crippen LogP contribution in [0.25, 0.3) is 11.3 Å². The molecule has 94 valence electrons. The van der Waals surface area contributed by atoms with Crippen molar-refractivity contribution >= 4 is 5.69 Å². The number of hydrogen-bond acceptors (Lipinski definition) is 3. The van der Waals surface area contributed by atoms with E-state index in [1.165, 1.54) is 5.56 Å². The molecule has 0 atom stereocenters. The minimum Gasteiger partial charge on any atom is -0.398 e. The molecule has 2 N–H and O–H groups in total. The van der Waals surface area contributed by atoms with Crippen molar-refractivity contribution in [1.82, 2.24) is 15.0 Å². The van der Waals surface area contributed by atoms with Crippen LogP contribution in [0.15, 0.2) is 60.8 Å². The van der Waals surface area contributed by atoms with Crippen LogP contribution in [0.2, 0.25) is 0 Å². The number of nitrogens with two attached hydrogens (primary N) is 1. The molecular formula is C15H14N4. The summed E-state index contributed by atoms with van der Waals surface area (Å²) in [6, 6.07) is 17.8. The van der Waals surface area contributed by atoms with Gasteiger partial charge in [-0.2, -0.15) is 0 Å². The fourth-order valence-corrected chi connectivity index (χ4v) is 2.00. The lowest BCUT2D eigenvalue weighted by molar-refractivity contribution is 0.650. The molecule has 0 aliphatic rings. The third-order valence-corrected chi connectivity index (χ3v) is 2.96. The lowest BCUT2D eigenvalue weighted by Crippen LogP contribution is -1.99. The molecule has 1 heterocycles. The predicted molar refractivity (Wildman–Crippen MR) is 75.4 cm³/mol. The smallest absolute Gasteiger partial charge is 0.115 e. The average molecular weight is 250 g/mol. The van der Waals surface area contributed by atoms with Crippen LogP contribution in [-0.2, 0) is 6.54 Å². The summed E-state index contributed by atoms with van der Waals surface area (Å²) in [5.74, 6) is 0. The Bertz CT molecular complexity index is 673. The van der Waals surface area contributed by atoms with Crippen molar-refractivity contribution in [3.63, 3.8) is 0 Å². The summed E-state index contributed by atoms with van der Waals surface area (Å²) in [5, 5.41) is 8.32. The van der Waals surface area contributed by atoms with E-state index < -0.39 is 0 Å². The first-order valence-corrected chi connectivity index (χ1v) is 6.12. The van der Waals surface area contributed by atoms with Gasteiger partial charge in [0.2, 0.25) is 0 Å². The molecule has 0 aliphatic carbocycles. The van der Waals surface area contributed by atoms with E-state index in [1.807, 2.05) is 53.3 Å². The highest BCUT2D eigenvalue weighted by Crippen LogP contribution is 2.22. The number of aromatic nitrogens is 3. The van der Waals surface area contributed by atoms with E-state index in [0.29, 0.717) is 12.2 Å². The summed E-state index contributed by atoms with van der Waals surface area (Å²) in [7, 11) is 0. The zero-order chi connectivity index (χ0) is 13.1. The molecule has 0 bridgehead atoms. The Morgan fingerprint density at radius 3 is 2.47 bits per heavy atom. The number of benzene rings is 2. The van der Waals surface area contributed by atoms with Gasteiger partial charge in [0.15, 0.2) is 0 Å². The van der Waals surface area contributed by atoms with Crippen molar-refractivity contribution in [3.8, 4) is 11.3 Å². The Hall–Kier alpha value is -2.62. The van der Waals surface area contributed by atoms with Crippen molar-refractivity contribution < 1.29 is 0 Å². The molecule has 1 aromatic heterocycles. The third-order valence-electron chi connectivity index (χ3n) is 2.96. The van der Waals surface area contributed by atoms with Crippen LogP contribution in [-0.4, -0.2) is 15.0 Å². The molecule has 4 heteroatoms. The molecule has 0 saturated heterocycles. The minimum absolute atomic E-state index is 0.709. The number of para-hydroxylation sites is 1. The number of anilines is 1. The predicted octanol–water partition coefficient (Wildman–Crippen LogP) is 2.58. The molecule has 3 aromatic rings. The second-order valence-electron chi connectivity index (χ2n) is 4.37. The van der Waals surface area contributed by atoms with Crippen LogP contribution < -0.4 is 5.73 Å². The maximum Gasteiger partial charge on any atom is 0.115 e. The quantitative estimate of drug-likeness (QED) is 0.727. The molecule has 19 heavy (non-hydrogen) atoms. The summed E-state index contributed by atoms with van der Waals surface area (Å²) < 4.78 is 1.82. The first kappa shape index (κ1) is 11.5. The van der Waals surface area contributed by atoms with E-state index in [0.717, 1.165) is 11.3 Å². The van der Waals surface area contributed by atoms with Crippen LogP contribution in [0.5, 0.6) is 0 Å². The molecule has 4 nitrogen and oxygen atoms in total. The molecule has 0 fully saturated rings. The SMILES string of the molecule is Nc1ccccc1-c1cn(Cc2ccccc2)nn1. The Morgan fingerprint density at radius 1 is 0.947 bits per heavy atom. The first-order chi connectivity index (χ1) is 9.33. The molecule has 0 amide bonds. The van der Waals surface area contributed by atoms with E-state index >= 15 is 0 Å². The van der Waals surface area contributed by atoms with Gasteiger partial charge < -0.3 is 5.73 Å². The highest BCUT2D eigenvalue weighted by Gasteiger charge is 2.06. The molecule has 0 saturated carbocycles. The second-order valence-corrected chi connectivity index (χ2v) is 4.37. The van der Waals surface area contributed by atoms with Crippen LogP contribution >= 0.6 is 0 Å². The Morgan fingerprint density at radius 2 is 1.68 bits per heavy atom. The molecular weight excluding hydrogens is 236 g/mol. The van der Waals surface area contributed by atoms with Gasteiger partial charge >= 0.3 is 0 Å². The van der Waals surface area contributed by atoms with Gasteiger partial charge in [0.1, 0.15) is 5.69 Å². The number of hydrogen-bond donors (Lipinski definition) is 1. The minimum atomic E-state index is 0.709. The summed E-state index contributed by atoms with van der Waals surface area (Å²) in [6.07, 6.45) is 1.92. The highest BCUT2D eigenvalue weighted by molar-refractivity contribution is 5.72. The maximum atomic E-state index is 5.94. The second kappa shape index (κ2) is 4.94. The molecule has 3 rings (SSSR count). The van der Waals surface area contributed by atoms with Gasteiger partial charge in [0.25, 0.3) is 0 Å². The summed E-state index contributed by atoms with van der Waals surface area (Å²) in [5.41, 5.74) is 9.57. The zero-order valence-electron chi connectivity index (χ0n) is 10.4. The molecule has 0 radical (unpaired) electrons. The average Bonchev–Trinajstić information content (AvgIpc) is 2.89. The van der Waals surface area contributed by atoms with Crippen molar-refractivity contribution in [1.29, 1.82) is 0 Å². The van der Waals surface area contributed by atoms with Gasteiger partial charge in [-0.1, -0.05) is 53.7 Å². The summed E-state index contributed by atoms with van der Waals surface area (Å²) in [6.45, 7) is 0.709. The Labute approximate surface area is 111 Å². The Kier molecular flexibility index (Phi) is 2.98. The molecule has 0 aliphatic heterocycles. The lowest BCUT2D eigenvalue weighted by Gasteiger charge is -2.01. The monoisotopic (exact) mass is 250 g/mol.